The van der Waals surface area contributed by atoms with Crippen molar-refractivity contribution in [2.24, 2.45) is 0 Å². The summed E-state index contributed by atoms with van der Waals surface area (Å²) in [6, 6.07) is 4.08. The molecule has 0 fully saturated rings. The smallest absolute Gasteiger partial charge is 0.123 e. The number of aryl methyl sites for hydroxylation is 1. The Morgan fingerprint density at radius 2 is 2.25 bits per heavy atom. The number of fused-ring (bicyclic) bond motifs is 1. The van der Waals surface area contributed by atoms with E-state index < -0.39 is 0 Å². The Morgan fingerprint density at radius 3 is 3.00 bits per heavy atom. The van der Waals surface area contributed by atoms with E-state index >= 15 is 0 Å². The molecule has 1 aromatic carbocycles. The fourth-order valence-electron chi connectivity index (χ4n) is 1.21. The summed E-state index contributed by atoms with van der Waals surface area (Å²) in [5.74, 6) is 0.937. The zero-order valence-electron chi connectivity index (χ0n) is 7.00. The predicted molar refractivity (Wildman–Crippen MR) is 50.9 cm³/mol. The van der Waals surface area contributed by atoms with Gasteiger partial charge in [-0.15, -0.1) is 11.3 Å². The van der Waals surface area contributed by atoms with Gasteiger partial charge >= 0.3 is 0 Å². The zero-order chi connectivity index (χ0) is 8.55. The molecule has 0 aliphatic carbocycles. The molecule has 0 aliphatic rings. The van der Waals surface area contributed by atoms with Gasteiger partial charge in [-0.3, -0.25) is 0 Å². The third-order valence-electron chi connectivity index (χ3n) is 1.85. The van der Waals surface area contributed by atoms with Crippen molar-refractivity contribution in [1.82, 2.24) is 4.98 Å². The lowest BCUT2D eigenvalue weighted by molar-refractivity contribution is 0.412. The molecule has 0 spiro atoms. The van der Waals surface area contributed by atoms with Crippen molar-refractivity contribution in [3.8, 4) is 5.75 Å². The van der Waals surface area contributed by atoms with Crippen LogP contribution < -0.4 is 4.74 Å². The number of hydrogen-bond acceptors (Lipinski definition) is 3. The van der Waals surface area contributed by atoms with Crippen LogP contribution in [0.2, 0.25) is 0 Å². The first-order chi connectivity index (χ1) is 5.81. The van der Waals surface area contributed by atoms with Crippen LogP contribution in [0.4, 0.5) is 0 Å². The molecule has 0 radical (unpaired) electrons. The standard InChI is InChI=1S/C9H9NOS/c1-6-3-7-9(12-5-10-7)4-8(6)11-2/h3-5H,1-2H3. The van der Waals surface area contributed by atoms with Crippen LogP contribution in [0.1, 0.15) is 5.56 Å². The van der Waals surface area contributed by atoms with E-state index in [9.17, 15) is 0 Å². The van der Waals surface area contributed by atoms with Gasteiger partial charge in [-0.2, -0.15) is 0 Å². The molecular weight excluding hydrogens is 170 g/mol. The van der Waals surface area contributed by atoms with Crippen LogP contribution in [0, 0.1) is 6.92 Å². The molecule has 0 bridgehead atoms. The molecule has 0 aliphatic heterocycles. The molecule has 2 rings (SSSR count). The first-order valence-corrected chi connectivity index (χ1v) is 4.57. The van der Waals surface area contributed by atoms with E-state index in [1.54, 1.807) is 18.4 Å². The molecule has 1 heterocycles. The lowest BCUT2D eigenvalue weighted by Crippen LogP contribution is -1.85. The lowest BCUT2D eigenvalue weighted by atomic mass is 10.2. The van der Waals surface area contributed by atoms with E-state index in [2.05, 4.69) is 4.98 Å². The third-order valence-corrected chi connectivity index (χ3v) is 2.64. The Hall–Kier alpha value is -1.09. The summed E-state index contributed by atoms with van der Waals surface area (Å²) in [4.78, 5) is 4.22. The number of thiazole rings is 1. The summed E-state index contributed by atoms with van der Waals surface area (Å²) in [6.45, 7) is 2.03. The quantitative estimate of drug-likeness (QED) is 0.671. The van der Waals surface area contributed by atoms with E-state index in [0.29, 0.717) is 0 Å². The number of aromatic nitrogens is 1. The predicted octanol–water partition coefficient (Wildman–Crippen LogP) is 2.61. The normalized spacial score (nSPS) is 10.5. The SMILES string of the molecule is COc1cc2scnc2cc1C. The van der Waals surface area contributed by atoms with Crippen LogP contribution >= 0.6 is 11.3 Å². The minimum Gasteiger partial charge on any atom is -0.496 e. The van der Waals surface area contributed by atoms with Crippen LogP contribution in [0.3, 0.4) is 0 Å². The topological polar surface area (TPSA) is 22.1 Å². The van der Waals surface area contributed by atoms with Gasteiger partial charge in [0.2, 0.25) is 0 Å². The Balaban J connectivity index is 2.73. The van der Waals surface area contributed by atoms with Gasteiger partial charge in [0.1, 0.15) is 5.75 Å². The van der Waals surface area contributed by atoms with Crippen LogP contribution in [-0.2, 0) is 0 Å². The van der Waals surface area contributed by atoms with E-state index in [1.807, 2.05) is 24.6 Å². The highest BCUT2D eigenvalue weighted by Crippen LogP contribution is 2.26. The molecule has 0 saturated heterocycles. The molecule has 12 heavy (non-hydrogen) atoms. The van der Waals surface area contributed by atoms with Crippen LogP contribution in [0.5, 0.6) is 5.75 Å². The molecule has 2 aromatic rings. The van der Waals surface area contributed by atoms with Gasteiger partial charge in [0.15, 0.2) is 0 Å². The molecule has 3 heteroatoms. The lowest BCUT2D eigenvalue weighted by Gasteiger charge is -2.02. The summed E-state index contributed by atoms with van der Waals surface area (Å²) >= 11 is 1.63. The Morgan fingerprint density at radius 1 is 1.42 bits per heavy atom. The zero-order valence-corrected chi connectivity index (χ0v) is 7.81. The molecule has 0 unspecified atom stereocenters. The minimum atomic E-state index is 0.937. The molecule has 2 nitrogen and oxygen atoms in total. The summed E-state index contributed by atoms with van der Waals surface area (Å²) in [6.07, 6.45) is 0. The number of nitrogens with zero attached hydrogens (tertiary/aromatic N) is 1. The number of ether oxygens (including phenoxy) is 1. The highest BCUT2D eigenvalue weighted by Gasteiger charge is 2.02. The molecule has 0 atom stereocenters. The van der Waals surface area contributed by atoms with E-state index in [0.717, 1.165) is 16.8 Å². The average molecular weight is 179 g/mol. The first-order valence-electron chi connectivity index (χ1n) is 3.69. The number of hydrogen-bond donors (Lipinski definition) is 0. The van der Waals surface area contributed by atoms with Crippen LogP contribution in [-0.4, -0.2) is 12.1 Å². The maximum Gasteiger partial charge on any atom is 0.123 e. The van der Waals surface area contributed by atoms with Crippen LogP contribution in [0.15, 0.2) is 17.6 Å². The van der Waals surface area contributed by atoms with Crippen molar-refractivity contribution >= 4 is 21.6 Å². The molecule has 0 amide bonds. The van der Waals surface area contributed by atoms with Crippen molar-refractivity contribution in [2.75, 3.05) is 7.11 Å². The van der Waals surface area contributed by atoms with Crippen molar-refractivity contribution in [2.45, 2.75) is 6.92 Å². The molecule has 0 N–H and O–H groups in total. The Kier molecular flexibility index (Phi) is 1.73. The average Bonchev–Trinajstić information content (AvgIpc) is 2.49. The van der Waals surface area contributed by atoms with Gasteiger partial charge in [0, 0.05) is 0 Å². The Labute approximate surface area is 74.8 Å². The minimum absolute atomic E-state index is 0.937. The van der Waals surface area contributed by atoms with Gasteiger partial charge in [0.05, 0.1) is 22.8 Å². The van der Waals surface area contributed by atoms with Crippen molar-refractivity contribution in [1.29, 1.82) is 0 Å². The second-order valence-corrected chi connectivity index (χ2v) is 3.53. The maximum absolute atomic E-state index is 5.20. The largest absolute Gasteiger partial charge is 0.496 e. The van der Waals surface area contributed by atoms with Gasteiger partial charge in [0.25, 0.3) is 0 Å². The Bertz CT molecular complexity index is 408. The van der Waals surface area contributed by atoms with Gasteiger partial charge < -0.3 is 4.74 Å². The van der Waals surface area contributed by atoms with Gasteiger partial charge in [-0.1, -0.05) is 0 Å². The monoisotopic (exact) mass is 179 g/mol. The molecule has 1 aromatic heterocycles. The first kappa shape index (κ1) is 7.55. The highest BCUT2D eigenvalue weighted by molar-refractivity contribution is 7.16. The molecule has 0 saturated carbocycles. The second kappa shape index (κ2) is 2.75. The number of benzene rings is 1. The third kappa shape index (κ3) is 1.06. The maximum atomic E-state index is 5.20. The fraction of sp³-hybridized carbons (Fsp3) is 0.222. The number of methoxy groups -OCH3 is 1. The summed E-state index contributed by atoms with van der Waals surface area (Å²) < 4.78 is 6.38. The molecule has 62 valence electrons. The molecular formula is C9H9NOS. The summed E-state index contributed by atoms with van der Waals surface area (Å²) in [5, 5.41) is 0. The van der Waals surface area contributed by atoms with Crippen molar-refractivity contribution in [3.63, 3.8) is 0 Å². The van der Waals surface area contributed by atoms with E-state index in [4.69, 9.17) is 4.74 Å². The van der Waals surface area contributed by atoms with Gasteiger partial charge in [-0.25, -0.2) is 4.98 Å². The summed E-state index contributed by atoms with van der Waals surface area (Å²) in [7, 11) is 1.69. The summed E-state index contributed by atoms with van der Waals surface area (Å²) in [5.41, 5.74) is 4.04. The van der Waals surface area contributed by atoms with Crippen molar-refractivity contribution in [3.05, 3.63) is 23.2 Å². The van der Waals surface area contributed by atoms with Gasteiger partial charge in [-0.05, 0) is 24.6 Å². The highest BCUT2D eigenvalue weighted by atomic mass is 32.1. The van der Waals surface area contributed by atoms with E-state index in [1.165, 1.54) is 4.70 Å². The van der Waals surface area contributed by atoms with Crippen molar-refractivity contribution < 1.29 is 4.74 Å². The van der Waals surface area contributed by atoms with E-state index in [-0.39, 0.29) is 0 Å². The second-order valence-electron chi connectivity index (χ2n) is 2.64. The number of rotatable bonds is 1. The fourth-order valence-corrected chi connectivity index (χ4v) is 1.90. The van der Waals surface area contributed by atoms with Crippen LogP contribution in [0.25, 0.3) is 10.2 Å².